The monoisotopic (exact) mass is 480 g/mol. The molecular formula is C28H36N2O5. The van der Waals surface area contributed by atoms with Crippen LogP contribution in [0.2, 0.25) is 0 Å². The number of ketones is 1. The molecule has 1 aliphatic rings. The molecule has 0 aliphatic carbocycles. The molecule has 1 fully saturated rings. The van der Waals surface area contributed by atoms with Crippen molar-refractivity contribution in [2.75, 3.05) is 39.4 Å². The van der Waals surface area contributed by atoms with Gasteiger partial charge >= 0.3 is 0 Å². The van der Waals surface area contributed by atoms with E-state index in [0.29, 0.717) is 43.4 Å². The predicted molar refractivity (Wildman–Crippen MR) is 137 cm³/mol. The number of carbonyl (C=O) groups is 2. The van der Waals surface area contributed by atoms with Crippen LogP contribution in [0.3, 0.4) is 0 Å². The van der Waals surface area contributed by atoms with Crippen LogP contribution in [0.1, 0.15) is 51.3 Å². The van der Waals surface area contributed by atoms with Gasteiger partial charge in [-0.25, -0.2) is 0 Å². The Morgan fingerprint density at radius 2 is 1.69 bits per heavy atom. The van der Waals surface area contributed by atoms with Crippen LogP contribution in [0.5, 0.6) is 11.5 Å². The molecule has 1 atom stereocenters. The number of hydrogen-bond donors (Lipinski definition) is 1. The molecule has 35 heavy (non-hydrogen) atoms. The van der Waals surface area contributed by atoms with E-state index in [0.717, 1.165) is 25.1 Å². The Balaban J connectivity index is 2.07. The van der Waals surface area contributed by atoms with Gasteiger partial charge in [0.25, 0.3) is 11.7 Å². The Bertz CT molecular complexity index is 1040. The summed E-state index contributed by atoms with van der Waals surface area (Å²) in [6, 6.07) is 13.6. The molecule has 7 heteroatoms. The van der Waals surface area contributed by atoms with Crippen LogP contribution in [-0.2, 0) is 9.59 Å². The first-order valence-electron chi connectivity index (χ1n) is 12.4. The smallest absolute Gasteiger partial charge is 0.295 e. The van der Waals surface area contributed by atoms with Crippen molar-refractivity contribution in [3.63, 3.8) is 0 Å². The van der Waals surface area contributed by atoms with Gasteiger partial charge in [0.2, 0.25) is 0 Å². The molecule has 1 amide bonds. The standard InChI is InChI=1S/C28H36N2O5/c1-5-18-35-23-11-9-10-21(19-23)25-24(26(31)20-12-14-22(15-13-20)34-8-4)27(32)28(33)30(25)17-16-29(6-2)7-3/h9-15,19,25,31H,5-8,16-18H2,1-4H3/b26-24+/t25-/m0/s1. The average molecular weight is 481 g/mol. The molecule has 0 unspecified atom stereocenters. The van der Waals surface area contributed by atoms with Gasteiger partial charge < -0.3 is 24.4 Å². The van der Waals surface area contributed by atoms with Gasteiger partial charge in [-0.15, -0.1) is 0 Å². The summed E-state index contributed by atoms with van der Waals surface area (Å²) in [7, 11) is 0. The van der Waals surface area contributed by atoms with Gasteiger partial charge in [-0.05, 0) is 68.4 Å². The van der Waals surface area contributed by atoms with Gasteiger partial charge in [0.05, 0.1) is 24.8 Å². The van der Waals surface area contributed by atoms with Crippen LogP contribution in [0.25, 0.3) is 5.76 Å². The molecular weight excluding hydrogens is 444 g/mol. The summed E-state index contributed by atoms with van der Waals surface area (Å²) in [5, 5.41) is 11.3. The highest BCUT2D eigenvalue weighted by Crippen LogP contribution is 2.40. The van der Waals surface area contributed by atoms with Crippen molar-refractivity contribution in [2.24, 2.45) is 0 Å². The Morgan fingerprint density at radius 3 is 2.31 bits per heavy atom. The van der Waals surface area contributed by atoms with Crippen LogP contribution in [0, 0.1) is 0 Å². The van der Waals surface area contributed by atoms with Gasteiger partial charge in [0.1, 0.15) is 17.3 Å². The molecule has 2 aromatic rings. The van der Waals surface area contributed by atoms with E-state index in [1.165, 1.54) is 0 Å². The molecule has 0 saturated carbocycles. The number of likely N-dealkylation sites (tertiary alicyclic amines) is 1. The second kappa shape index (κ2) is 12.4. The van der Waals surface area contributed by atoms with Gasteiger partial charge in [-0.2, -0.15) is 0 Å². The lowest BCUT2D eigenvalue weighted by Gasteiger charge is -2.28. The molecule has 0 spiro atoms. The Hall–Kier alpha value is -3.32. The topological polar surface area (TPSA) is 79.3 Å². The Kier molecular flexibility index (Phi) is 9.32. The maximum Gasteiger partial charge on any atom is 0.295 e. The number of benzene rings is 2. The fourth-order valence-electron chi connectivity index (χ4n) is 4.27. The fourth-order valence-corrected chi connectivity index (χ4v) is 4.27. The van der Waals surface area contributed by atoms with Gasteiger partial charge in [-0.1, -0.05) is 32.9 Å². The molecule has 0 radical (unpaired) electrons. The number of aliphatic hydroxyl groups is 1. The largest absolute Gasteiger partial charge is 0.507 e. The number of carbonyl (C=O) groups excluding carboxylic acids is 2. The van der Waals surface area contributed by atoms with Crippen molar-refractivity contribution in [1.82, 2.24) is 9.80 Å². The van der Waals surface area contributed by atoms with Crippen LogP contribution < -0.4 is 9.47 Å². The number of amides is 1. The number of nitrogens with zero attached hydrogens (tertiary/aromatic N) is 2. The van der Waals surface area contributed by atoms with Crippen molar-refractivity contribution >= 4 is 17.4 Å². The third-order valence-corrected chi connectivity index (χ3v) is 6.18. The van der Waals surface area contributed by atoms with Gasteiger partial charge in [0, 0.05) is 18.7 Å². The number of likely N-dealkylation sites (N-methyl/N-ethyl adjacent to an activating group) is 1. The van der Waals surface area contributed by atoms with Crippen molar-refractivity contribution in [3.05, 3.63) is 65.2 Å². The quantitative estimate of drug-likeness (QED) is 0.271. The van der Waals surface area contributed by atoms with Gasteiger partial charge in [0.15, 0.2) is 0 Å². The summed E-state index contributed by atoms with van der Waals surface area (Å²) in [4.78, 5) is 30.2. The molecule has 188 valence electrons. The maximum atomic E-state index is 13.2. The van der Waals surface area contributed by atoms with E-state index in [2.05, 4.69) is 18.7 Å². The highest BCUT2D eigenvalue weighted by molar-refractivity contribution is 6.46. The zero-order chi connectivity index (χ0) is 25.4. The van der Waals surface area contributed by atoms with Crippen LogP contribution in [-0.4, -0.2) is 66.0 Å². The summed E-state index contributed by atoms with van der Waals surface area (Å²) in [5.74, 6) is -0.141. The van der Waals surface area contributed by atoms with Crippen molar-refractivity contribution in [3.8, 4) is 11.5 Å². The molecule has 1 N–H and O–H groups in total. The SMILES string of the molecule is CCCOc1cccc([C@H]2/C(=C(\O)c3ccc(OCC)cc3)C(=O)C(=O)N2CCN(CC)CC)c1. The number of rotatable bonds is 12. The van der Waals surface area contributed by atoms with Crippen LogP contribution in [0.4, 0.5) is 0 Å². The van der Waals surface area contributed by atoms with Crippen molar-refractivity contribution in [1.29, 1.82) is 0 Å². The number of ether oxygens (including phenoxy) is 2. The molecule has 1 aliphatic heterocycles. The number of aliphatic hydroxyl groups excluding tert-OH is 1. The minimum atomic E-state index is -0.706. The van der Waals surface area contributed by atoms with E-state index < -0.39 is 17.7 Å². The first-order valence-corrected chi connectivity index (χ1v) is 12.4. The Labute approximate surface area is 207 Å². The molecule has 2 aromatic carbocycles. The predicted octanol–water partition coefficient (Wildman–Crippen LogP) is 4.64. The van der Waals surface area contributed by atoms with Crippen molar-refractivity contribution in [2.45, 2.75) is 40.2 Å². The molecule has 0 bridgehead atoms. The average Bonchev–Trinajstić information content (AvgIpc) is 3.13. The van der Waals surface area contributed by atoms with E-state index in [1.807, 2.05) is 38.1 Å². The van der Waals surface area contributed by atoms with E-state index in [4.69, 9.17) is 9.47 Å². The molecule has 1 heterocycles. The van der Waals surface area contributed by atoms with E-state index in [1.54, 1.807) is 29.2 Å². The number of hydrogen-bond acceptors (Lipinski definition) is 6. The lowest BCUT2D eigenvalue weighted by molar-refractivity contribution is -0.140. The summed E-state index contributed by atoms with van der Waals surface area (Å²) in [6.45, 7) is 11.8. The van der Waals surface area contributed by atoms with Gasteiger partial charge in [-0.3, -0.25) is 9.59 Å². The second-order valence-corrected chi connectivity index (χ2v) is 8.40. The summed E-state index contributed by atoms with van der Waals surface area (Å²) in [6.07, 6.45) is 0.865. The zero-order valence-corrected chi connectivity index (χ0v) is 21.1. The molecule has 0 aromatic heterocycles. The fraction of sp³-hybridized carbons (Fsp3) is 0.429. The van der Waals surface area contributed by atoms with Crippen molar-refractivity contribution < 1.29 is 24.2 Å². The molecule has 1 saturated heterocycles. The normalized spacial score (nSPS) is 17.3. The minimum absolute atomic E-state index is 0.0892. The Morgan fingerprint density at radius 1 is 0.971 bits per heavy atom. The lowest BCUT2D eigenvalue weighted by Crippen LogP contribution is -2.38. The summed E-state index contributed by atoms with van der Waals surface area (Å²) >= 11 is 0. The minimum Gasteiger partial charge on any atom is -0.507 e. The molecule has 3 rings (SSSR count). The van der Waals surface area contributed by atoms with E-state index in [9.17, 15) is 14.7 Å². The van der Waals surface area contributed by atoms with E-state index >= 15 is 0 Å². The first kappa shape index (κ1) is 26.3. The zero-order valence-electron chi connectivity index (χ0n) is 21.1. The third-order valence-electron chi connectivity index (χ3n) is 6.18. The highest BCUT2D eigenvalue weighted by Gasteiger charge is 2.46. The number of Topliss-reactive ketones (excluding diaryl/α,β-unsaturated/α-hetero) is 1. The summed E-state index contributed by atoms with van der Waals surface area (Å²) < 4.78 is 11.3. The van der Waals surface area contributed by atoms with Crippen LogP contribution in [0.15, 0.2) is 54.1 Å². The summed E-state index contributed by atoms with van der Waals surface area (Å²) in [5.41, 5.74) is 1.27. The third kappa shape index (κ3) is 6.03. The van der Waals surface area contributed by atoms with E-state index in [-0.39, 0.29) is 11.3 Å². The maximum absolute atomic E-state index is 13.2. The highest BCUT2D eigenvalue weighted by atomic mass is 16.5. The first-order chi connectivity index (χ1) is 16.9. The second-order valence-electron chi connectivity index (χ2n) is 8.40. The lowest BCUT2D eigenvalue weighted by atomic mass is 9.95. The molecule has 7 nitrogen and oxygen atoms in total. The van der Waals surface area contributed by atoms with Crippen LogP contribution >= 0.6 is 0 Å².